The van der Waals surface area contributed by atoms with Crippen LogP contribution in [0.2, 0.25) is 0 Å². The maximum absolute atomic E-state index is 12.2. The molecule has 0 fully saturated rings. The van der Waals surface area contributed by atoms with Gasteiger partial charge in [0.05, 0.1) is 12.7 Å². The van der Waals surface area contributed by atoms with E-state index in [2.05, 4.69) is 31.4 Å². The normalized spacial score (nSPS) is 12.1. The quantitative estimate of drug-likeness (QED) is 0.712. The van der Waals surface area contributed by atoms with Crippen LogP contribution in [0.25, 0.3) is 0 Å². The molecule has 0 saturated heterocycles. The largest absolute Gasteiger partial charge is 0.459 e. The van der Waals surface area contributed by atoms with Crippen molar-refractivity contribution in [3.8, 4) is 0 Å². The standard InChI is InChI=1S/C21H26N2O5/c1-14(19(25)23-16-9-7-15(8-10-16)21(2,3)4)28-18(24)11-12-22-20(26)17-6-5-13-27-17/h5-10,13-14H,11-12H2,1-4H3,(H,22,26)(H,23,25). The molecule has 2 N–H and O–H groups in total. The van der Waals surface area contributed by atoms with Gasteiger partial charge in [-0.15, -0.1) is 0 Å². The van der Waals surface area contributed by atoms with Crippen LogP contribution in [0.15, 0.2) is 47.1 Å². The fraction of sp³-hybridized carbons (Fsp3) is 0.381. The van der Waals surface area contributed by atoms with Crippen molar-refractivity contribution in [1.29, 1.82) is 0 Å². The molecule has 28 heavy (non-hydrogen) atoms. The molecule has 2 rings (SSSR count). The summed E-state index contributed by atoms with van der Waals surface area (Å²) in [4.78, 5) is 35.7. The summed E-state index contributed by atoms with van der Waals surface area (Å²) in [7, 11) is 0. The van der Waals surface area contributed by atoms with E-state index in [0.29, 0.717) is 5.69 Å². The molecular formula is C21H26N2O5. The van der Waals surface area contributed by atoms with E-state index in [1.165, 1.54) is 19.3 Å². The summed E-state index contributed by atoms with van der Waals surface area (Å²) in [6.45, 7) is 7.91. The van der Waals surface area contributed by atoms with Gasteiger partial charge in [0.1, 0.15) is 0 Å². The maximum Gasteiger partial charge on any atom is 0.308 e. The van der Waals surface area contributed by atoms with Gasteiger partial charge in [-0.1, -0.05) is 32.9 Å². The van der Waals surface area contributed by atoms with Crippen molar-refractivity contribution in [2.24, 2.45) is 0 Å². The first-order chi connectivity index (χ1) is 13.2. The molecule has 1 heterocycles. The van der Waals surface area contributed by atoms with Gasteiger partial charge in [0.2, 0.25) is 0 Å². The van der Waals surface area contributed by atoms with Gasteiger partial charge < -0.3 is 19.8 Å². The third kappa shape index (κ3) is 6.26. The fourth-order valence-corrected chi connectivity index (χ4v) is 2.38. The predicted octanol–water partition coefficient (Wildman–Crippen LogP) is 3.27. The van der Waals surface area contributed by atoms with E-state index in [4.69, 9.17) is 9.15 Å². The molecule has 1 unspecified atom stereocenters. The first-order valence-electron chi connectivity index (χ1n) is 9.09. The molecule has 0 radical (unpaired) electrons. The molecule has 1 aromatic heterocycles. The number of carbonyl (C=O) groups is 3. The topological polar surface area (TPSA) is 97.6 Å². The van der Waals surface area contributed by atoms with E-state index in [1.54, 1.807) is 6.07 Å². The molecule has 7 heteroatoms. The van der Waals surface area contributed by atoms with Gasteiger partial charge in [0, 0.05) is 12.2 Å². The Morgan fingerprint density at radius 3 is 2.36 bits per heavy atom. The van der Waals surface area contributed by atoms with Gasteiger partial charge in [-0.25, -0.2) is 0 Å². The van der Waals surface area contributed by atoms with Gasteiger partial charge >= 0.3 is 5.97 Å². The van der Waals surface area contributed by atoms with E-state index in [1.807, 2.05) is 24.3 Å². The van der Waals surface area contributed by atoms with E-state index in [9.17, 15) is 14.4 Å². The number of hydrogen-bond acceptors (Lipinski definition) is 5. The number of benzene rings is 1. The van der Waals surface area contributed by atoms with Crippen LogP contribution in [0.1, 0.15) is 50.2 Å². The molecular weight excluding hydrogens is 360 g/mol. The molecule has 0 aliphatic carbocycles. The lowest BCUT2D eigenvalue weighted by molar-refractivity contribution is -0.153. The number of ether oxygens (including phenoxy) is 1. The Labute approximate surface area is 164 Å². The minimum Gasteiger partial charge on any atom is -0.459 e. The van der Waals surface area contributed by atoms with Gasteiger partial charge in [-0.3, -0.25) is 14.4 Å². The summed E-state index contributed by atoms with van der Waals surface area (Å²) in [6, 6.07) is 10.7. The molecule has 0 aliphatic heterocycles. The number of esters is 1. The molecule has 1 aromatic carbocycles. The van der Waals surface area contributed by atoms with Crippen molar-refractivity contribution in [2.45, 2.75) is 45.6 Å². The zero-order valence-electron chi connectivity index (χ0n) is 16.6. The molecule has 0 bridgehead atoms. The third-order valence-corrected chi connectivity index (χ3v) is 4.06. The van der Waals surface area contributed by atoms with Crippen LogP contribution >= 0.6 is 0 Å². The van der Waals surface area contributed by atoms with Crippen molar-refractivity contribution >= 4 is 23.5 Å². The zero-order valence-corrected chi connectivity index (χ0v) is 16.6. The summed E-state index contributed by atoms with van der Waals surface area (Å²) < 4.78 is 10.1. The summed E-state index contributed by atoms with van der Waals surface area (Å²) >= 11 is 0. The average Bonchev–Trinajstić information content (AvgIpc) is 3.16. The van der Waals surface area contributed by atoms with Crippen LogP contribution < -0.4 is 10.6 Å². The van der Waals surface area contributed by atoms with Gasteiger partial charge in [-0.2, -0.15) is 0 Å². The molecule has 2 amide bonds. The van der Waals surface area contributed by atoms with Crippen molar-refractivity contribution in [3.63, 3.8) is 0 Å². The van der Waals surface area contributed by atoms with Crippen LogP contribution in [0.5, 0.6) is 0 Å². The number of rotatable bonds is 7. The Morgan fingerprint density at radius 1 is 1.11 bits per heavy atom. The Hall–Kier alpha value is -3.09. The molecule has 1 atom stereocenters. The van der Waals surface area contributed by atoms with Crippen LogP contribution in [-0.2, 0) is 19.7 Å². The molecule has 0 aliphatic rings. The Morgan fingerprint density at radius 2 is 1.79 bits per heavy atom. The summed E-state index contributed by atoms with van der Waals surface area (Å²) in [5.41, 5.74) is 1.81. The number of hydrogen-bond donors (Lipinski definition) is 2. The van der Waals surface area contributed by atoms with Crippen LogP contribution in [0.3, 0.4) is 0 Å². The van der Waals surface area contributed by atoms with Crippen molar-refractivity contribution in [1.82, 2.24) is 5.32 Å². The number of furan rings is 1. The third-order valence-electron chi connectivity index (χ3n) is 4.06. The van der Waals surface area contributed by atoms with E-state index in [0.717, 1.165) is 5.56 Å². The van der Waals surface area contributed by atoms with Crippen molar-refractivity contribution < 1.29 is 23.5 Å². The van der Waals surface area contributed by atoms with E-state index < -0.39 is 23.9 Å². The summed E-state index contributed by atoms with van der Waals surface area (Å²) in [5.74, 6) is -1.25. The smallest absolute Gasteiger partial charge is 0.308 e. The van der Waals surface area contributed by atoms with Crippen LogP contribution in [0, 0.1) is 0 Å². The van der Waals surface area contributed by atoms with Gasteiger partial charge in [0.25, 0.3) is 11.8 Å². The van der Waals surface area contributed by atoms with E-state index >= 15 is 0 Å². The monoisotopic (exact) mass is 386 g/mol. The second kappa shape index (κ2) is 9.21. The Balaban J connectivity index is 1.75. The first-order valence-corrected chi connectivity index (χ1v) is 9.09. The molecule has 0 saturated carbocycles. The van der Waals surface area contributed by atoms with Gasteiger partial charge in [0.15, 0.2) is 11.9 Å². The summed E-state index contributed by atoms with van der Waals surface area (Å²) in [6.07, 6.45) is 0.389. The molecule has 2 aromatic rings. The second-order valence-electron chi connectivity index (χ2n) is 7.43. The van der Waals surface area contributed by atoms with E-state index in [-0.39, 0.29) is 24.1 Å². The molecule has 7 nitrogen and oxygen atoms in total. The molecule has 0 spiro atoms. The predicted molar refractivity (Wildman–Crippen MR) is 105 cm³/mol. The highest BCUT2D eigenvalue weighted by atomic mass is 16.5. The van der Waals surface area contributed by atoms with Crippen LogP contribution in [-0.4, -0.2) is 30.4 Å². The molecule has 150 valence electrons. The number of carbonyl (C=O) groups excluding carboxylic acids is 3. The maximum atomic E-state index is 12.2. The zero-order chi connectivity index (χ0) is 20.7. The number of anilines is 1. The minimum atomic E-state index is -0.949. The average molecular weight is 386 g/mol. The lowest BCUT2D eigenvalue weighted by Crippen LogP contribution is -2.32. The van der Waals surface area contributed by atoms with Crippen LogP contribution in [0.4, 0.5) is 5.69 Å². The van der Waals surface area contributed by atoms with Crippen molar-refractivity contribution in [2.75, 3.05) is 11.9 Å². The highest BCUT2D eigenvalue weighted by Crippen LogP contribution is 2.23. The van der Waals surface area contributed by atoms with Gasteiger partial charge in [-0.05, 0) is 42.2 Å². The lowest BCUT2D eigenvalue weighted by Gasteiger charge is -2.19. The highest BCUT2D eigenvalue weighted by Gasteiger charge is 2.19. The second-order valence-corrected chi connectivity index (χ2v) is 7.43. The van der Waals surface area contributed by atoms with Crippen molar-refractivity contribution in [3.05, 3.63) is 54.0 Å². The first kappa shape index (κ1) is 21.2. The Kier molecular flexibility index (Phi) is 6.98. The number of amides is 2. The fourth-order valence-electron chi connectivity index (χ4n) is 2.38. The Bertz CT molecular complexity index is 804. The minimum absolute atomic E-state index is 0.0255. The lowest BCUT2D eigenvalue weighted by atomic mass is 9.87. The summed E-state index contributed by atoms with van der Waals surface area (Å²) in [5, 5.41) is 5.26. The highest BCUT2D eigenvalue weighted by molar-refractivity contribution is 5.95. The SMILES string of the molecule is CC(OC(=O)CCNC(=O)c1ccco1)C(=O)Nc1ccc(C(C)(C)C)cc1. The number of nitrogens with one attached hydrogen (secondary N) is 2.